The lowest BCUT2D eigenvalue weighted by molar-refractivity contribution is 0.160. The van der Waals surface area contributed by atoms with Gasteiger partial charge >= 0.3 is 0 Å². The Hall–Kier alpha value is -0.120. The molecule has 1 rings (SSSR count). The molecule has 1 N–H and O–H groups in total. The summed E-state index contributed by atoms with van der Waals surface area (Å²) in [6.45, 7) is 7.76. The quantitative estimate of drug-likeness (QED) is 0.608. The van der Waals surface area contributed by atoms with Gasteiger partial charge in [-0.15, -0.1) is 0 Å². The van der Waals surface area contributed by atoms with E-state index in [1.54, 1.807) is 7.11 Å². The van der Waals surface area contributed by atoms with Crippen LogP contribution in [0.25, 0.3) is 0 Å². The van der Waals surface area contributed by atoms with Crippen molar-refractivity contribution in [2.45, 2.75) is 57.9 Å². The molecule has 0 radical (unpaired) electrons. The van der Waals surface area contributed by atoms with Gasteiger partial charge in [0.05, 0.1) is 6.61 Å². The summed E-state index contributed by atoms with van der Waals surface area (Å²) in [6.07, 6.45) is 9.81. The number of ether oxygens (including phenoxy) is 1. The van der Waals surface area contributed by atoms with Gasteiger partial charge in [-0.05, 0) is 45.3 Å². The zero-order valence-electron chi connectivity index (χ0n) is 12.4. The average molecular weight is 256 g/mol. The van der Waals surface area contributed by atoms with Gasteiger partial charge in [0.2, 0.25) is 0 Å². The summed E-state index contributed by atoms with van der Waals surface area (Å²) in [4.78, 5) is 2.70. The van der Waals surface area contributed by atoms with Crippen molar-refractivity contribution < 1.29 is 4.74 Å². The minimum absolute atomic E-state index is 0.823. The van der Waals surface area contributed by atoms with E-state index in [-0.39, 0.29) is 0 Å². The maximum Gasteiger partial charge on any atom is 0.0587 e. The number of unbranched alkanes of at least 4 members (excludes halogenated alkanes) is 1. The molecule has 0 amide bonds. The third kappa shape index (κ3) is 6.72. The van der Waals surface area contributed by atoms with Crippen molar-refractivity contribution in [2.24, 2.45) is 0 Å². The van der Waals surface area contributed by atoms with Crippen LogP contribution >= 0.6 is 0 Å². The molecular weight excluding hydrogens is 224 g/mol. The molecule has 0 aliphatic heterocycles. The predicted octanol–water partition coefficient (Wildman–Crippen LogP) is 2.66. The van der Waals surface area contributed by atoms with E-state index in [2.05, 4.69) is 17.1 Å². The average Bonchev–Trinajstić information content (AvgIpc) is 2.43. The van der Waals surface area contributed by atoms with Gasteiger partial charge in [-0.3, -0.25) is 0 Å². The maximum atomic E-state index is 5.01. The zero-order valence-corrected chi connectivity index (χ0v) is 12.4. The van der Waals surface area contributed by atoms with Gasteiger partial charge in [-0.1, -0.05) is 26.2 Å². The number of hydrogen-bond donors (Lipinski definition) is 1. The third-order valence-corrected chi connectivity index (χ3v) is 4.03. The van der Waals surface area contributed by atoms with Gasteiger partial charge in [0, 0.05) is 19.7 Å². The van der Waals surface area contributed by atoms with E-state index in [4.69, 9.17) is 4.74 Å². The summed E-state index contributed by atoms with van der Waals surface area (Å²) in [5.74, 6) is 0. The lowest BCUT2D eigenvalue weighted by atomic mass is 9.94. The van der Waals surface area contributed by atoms with Crippen LogP contribution in [0.2, 0.25) is 0 Å². The fourth-order valence-corrected chi connectivity index (χ4v) is 2.91. The van der Waals surface area contributed by atoms with Gasteiger partial charge in [0.25, 0.3) is 0 Å². The van der Waals surface area contributed by atoms with Gasteiger partial charge in [0.15, 0.2) is 0 Å². The summed E-state index contributed by atoms with van der Waals surface area (Å²) in [5, 5.41) is 3.41. The Morgan fingerprint density at radius 3 is 2.56 bits per heavy atom. The van der Waals surface area contributed by atoms with Crippen LogP contribution < -0.4 is 5.32 Å². The molecule has 1 saturated carbocycles. The molecule has 1 aliphatic carbocycles. The van der Waals surface area contributed by atoms with Gasteiger partial charge in [0.1, 0.15) is 0 Å². The van der Waals surface area contributed by atoms with Crippen molar-refractivity contribution >= 4 is 0 Å². The zero-order chi connectivity index (χ0) is 13.1. The monoisotopic (exact) mass is 256 g/mol. The van der Waals surface area contributed by atoms with Crippen molar-refractivity contribution in [2.75, 3.05) is 39.9 Å². The van der Waals surface area contributed by atoms with E-state index in [0.29, 0.717) is 0 Å². The minimum Gasteiger partial charge on any atom is -0.383 e. The fraction of sp³-hybridized carbons (Fsp3) is 1.00. The first-order valence-corrected chi connectivity index (χ1v) is 7.82. The number of nitrogens with one attached hydrogen (secondary N) is 1. The van der Waals surface area contributed by atoms with Crippen LogP contribution in [0.3, 0.4) is 0 Å². The lowest BCUT2D eigenvalue weighted by Crippen LogP contribution is -2.37. The molecule has 0 atom stereocenters. The Morgan fingerprint density at radius 2 is 1.89 bits per heavy atom. The molecular formula is C15H32N2O. The van der Waals surface area contributed by atoms with E-state index in [1.165, 1.54) is 58.0 Å². The molecule has 1 fully saturated rings. The highest BCUT2D eigenvalue weighted by molar-refractivity contribution is 4.75. The molecule has 3 heteroatoms. The van der Waals surface area contributed by atoms with Crippen LogP contribution in [0.1, 0.15) is 51.9 Å². The molecule has 18 heavy (non-hydrogen) atoms. The number of hydrogen-bond acceptors (Lipinski definition) is 3. The Bertz CT molecular complexity index is 181. The molecule has 3 nitrogen and oxygen atoms in total. The molecule has 108 valence electrons. The minimum atomic E-state index is 0.823. The van der Waals surface area contributed by atoms with Gasteiger partial charge in [-0.2, -0.15) is 0 Å². The molecule has 0 saturated heterocycles. The van der Waals surface area contributed by atoms with Crippen molar-refractivity contribution in [1.29, 1.82) is 0 Å². The topological polar surface area (TPSA) is 24.5 Å². The van der Waals surface area contributed by atoms with Crippen molar-refractivity contribution in [3.63, 3.8) is 0 Å². The van der Waals surface area contributed by atoms with Crippen molar-refractivity contribution in [3.8, 4) is 0 Å². The normalized spacial score (nSPS) is 17.5. The predicted molar refractivity (Wildman–Crippen MR) is 78.1 cm³/mol. The first-order chi connectivity index (χ1) is 8.88. The molecule has 0 aromatic rings. The SMILES string of the molecule is CCN(CCCCNCCOC)C1CCCCC1. The molecule has 0 spiro atoms. The highest BCUT2D eigenvalue weighted by Gasteiger charge is 2.18. The Labute approximate surface area is 113 Å². The van der Waals surface area contributed by atoms with Crippen LogP contribution in [0.15, 0.2) is 0 Å². The van der Waals surface area contributed by atoms with Crippen LogP contribution in [-0.4, -0.2) is 50.8 Å². The van der Waals surface area contributed by atoms with Crippen molar-refractivity contribution in [1.82, 2.24) is 10.2 Å². The second-order valence-electron chi connectivity index (χ2n) is 5.37. The highest BCUT2D eigenvalue weighted by Crippen LogP contribution is 2.22. The molecule has 1 aliphatic rings. The summed E-state index contributed by atoms with van der Waals surface area (Å²) in [7, 11) is 1.75. The second kappa shape index (κ2) is 10.8. The number of nitrogens with zero attached hydrogens (tertiary/aromatic N) is 1. The van der Waals surface area contributed by atoms with Gasteiger partial charge in [-0.25, -0.2) is 0 Å². The molecule has 0 bridgehead atoms. The summed E-state index contributed by atoms with van der Waals surface area (Å²) >= 11 is 0. The largest absolute Gasteiger partial charge is 0.383 e. The smallest absolute Gasteiger partial charge is 0.0587 e. The fourth-order valence-electron chi connectivity index (χ4n) is 2.91. The van der Waals surface area contributed by atoms with E-state index in [1.807, 2.05) is 0 Å². The standard InChI is InChI=1S/C15H32N2O/c1-3-17(15-9-5-4-6-10-15)13-8-7-11-16-12-14-18-2/h15-16H,3-14H2,1-2H3. The Kier molecular flexibility index (Phi) is 9.54. The molecule has 0 unspecified atom stereocenters. The Morgan fingerprint density at radius 1 is 1.11 bits per heavy atom. The first kappa shape index (κ1) is 15.9. The van der Waals surface area contributed by atoms with Crippen LogP contribution in [-0.2, 0) is 4.74 Å². The molecule has 0 aromatic heterocycles. The summed E-state index contributed by atoms with van der Waals surface area (Å²) in [5.41, 5.74) is 0. The van der Waals surface area contributed by atoms with Crippen LogP contribution in [0.4, 0.5) is 0 Å². The molecule has 0 aromatic carbocycles. The summed E-state index contributed by atoms with van der Waals surface area (Å²) < 4.78 is 5.01. The highest BCUT2D eigenvalue weighted by atomic mass is 16.5. The second-order valence-corrected chi connectivity index (χ2v) is 5.37. The summed E-state index contributed by atoms with van der Waals surface area (Å²) in [6, 6.07) is 0.880. The van der Waals surface area contributed by atoms with E-state index >= 15 is 0 Å². The van der Waals surface area contributed by atoms with E-state index < -0.39 is 0 Å². The third-order valence-electron chi connectivity index (χ3n) is 4.03. The van der Waals surface area contributed by atoms with Crippen LogP contribution in [0.5, 0.6) is 0 Å². The molecule has 0 heterocycles. The van der Waals surface area contributed by atoms with Gasteiger partial charge < -0.3 is 15.0 Å². The first-order valence-electron chi connectivity index (χ1n) is 7.82. The van der Waals surface area contributed by atoms with E-state index in [9.17, 15) is 0 Å². The lowest BCUT2D eigenvalue weighted by Gasteiger charge is -2.33. The van der Waals surface area contributed by atoms with Crippen LogP contribution in [0, 0.1) is 0 Å². The van der Waals surface area contributed by atoms with E-state index in [0.717, 1.165) is 25.7 Å². The number of rotatable bonds is 10. The number of methoxy groups -OCH3 is 1. The van der Waals surface area contributed by atoms with Crippen molar-refractivity contribution in [3.05, 3.63) is 0 Å². The maximum absolute atomic E-state index is 5.01. The Balaban J connectivity index is 2.00.